The van der Waals surface area contributed by atoms with Crippen LogP contribution in [-0.4, -0.2) is 29.1 Å². The van der Waals surface area contributed by atoms with Gasteiger partial charge in [-0.25, -0.2) is 0 Å². The van der Waals surface area contributed by atoms with E-state index >= 15 is 0 Å². The van der Waals surface area contributed by atoms with Crippen molar-refractivity contribution in [2.24, 2.45) is 0 Å². The van der Waals surface area contributed by atoms with Gasteiger partial charge < -0.3 is 15.2 Å². The first-order chi connectivity index (χ1) is 13.9. The van der Waals surface area contributed by atoms with Crippen molar-refractivity contribution in [2.45, 2.75) is 27.7 Å². The van der Waals surface area contributed by atoms with E-state index in [1.807, 2.05) is 0 Å². The number of aryl methyl sites for hydroxylation is 4. The lowest BCUT2D eigenvalue weighted by Gasteiger charge is -2.15. The Balaban J connectivity index is 0.000000221. The molecule has 3 aromatic rings. The van der Waals surface area contributed by atoms with Gasteiger partial charge in [0.15, 0.2) is 0 Å². The van der Waals surface area contributed by atoms with Crippen LogP contribution in [0.1, 0.15) is 32.6 Å². The lowest BCUT2D eigenvalue weighted by molar-refractivity contribution is 0.0944. The maximum Gasteiger partial charge on any atom is 0.252 e. The summed E-state index contributed by atoms with van der Waals surface area (Å²) in [6.07, 6.45) is 3.08. The van der Waals surface area contributed by atoms with Crippen LogP contribution in [0.5, 0.6) is 11.5 Å². The van der Waals surface area contributed by atoms with Crippen LogP contribution in [0, 0.1) is 27.7 Å². The second-order valence-corrected chi connectivity index (χ2v) is 6.77. The molecule has 0 atom stereocenters. The van der Waals surface area contributed by atoms with Gasteiger partial charge in [0, 0.05) is 18.9 Å². The minimum absolute atomic E-state index is 0.0496. The van der Waals surface area contributed by atoms with Gasteiger partial charge in [0.05, 0.1) is 12.2 Å². The molecule has 29 heavy (non-hydrogen) atoms. The zero-order chi connectivity index (χ0) is 21.2. The number of nitrogens with one attached hydrogen (secondary N) is 1. The molecule has 0 bridgehead atoms. The summed E-state index contributed by atoms with van der Waals surface area (Å²) >= 11 is 0. The fourth-order valence-electron chi connectivity index (χ4n) is 2.79. The van der Waals surface area contributed by atoms with Crippen molar-refractivity contribution >= 4 is 5.91 Å². The van der Waals surface area contributed by atoms with Crippen molar-refractivity contribution in [1.82, 2.24) is 10.3 Å². The highest BCUT2D eigenvalue weighted by Crippen LogP contribution is 2.32. The molecular weight excluding hydrogens is 364 g/mol. The maximum absolute atomic E-state index is 11.1. The lowest BCUT2D eigenvalue weighted by atomic mass is 10.1. The fraction of sp³-hybridized carbons (Fsp3) is 0.250. The zero-order valence-electron chi connectivity index (χ0n) is 17.4. The van der Waals surface area contributed by atoms with E-state index in [1.54, 1.807) is 18.3 Å². The van der Waals surface area contributed by atoms with Gasteiger partial charge in [-0.3, -0.25) is 9.78 Å². The van der Waals surface area contributed by atoms with Crippen LogP contribution < -0.4 is 10.1 Å². The van der Waals surface area contributed by atoms with Crippen molar-refractivity contribution in [1.29, 1.82) is 0 Å². The summed E-state index contributed by atoms with van der Waals surface area (Å²) in [4.78, 5) is 14.9. The number of aliphatic hydroxyl groups excluding tert-OH is 1. The summed E-state index contributed by atoms with van der Waals surface area (Å²) in [7, 11) is 0. The molecule has 0 saturated carbocycles. The van der Waals surface area contributed by atoms with E-state index in [2.05, 4.69) is 74.4 Å². The molecule has 0 spiro atoms. The third kappa shape index (κ3) is 6.43. The topological polar surface area (TPSA) is 71.5 Å². The molecule has 0 aliphatic heterocycles. The Morgan fingerprint density at radius 1 is 0.897 bits per heavy atom. The number of hydrogen-bond acceptors (Lipinski definition) is 4. The number of carbonyl (C=O) groups excluding carboxylic acids is 1. The van der Waals surface area contributed by atoms with Crippen molar-refractivity contribution in [3.63, 3.8) is 0 Å². The van der Waals surface area contributed by atoms with Crippen LogP contribution in [0.3, 0.4) is 0 Å². The quantitative estimate of drug-likeness (QED) is 0.670. The van der Waals surface area contributed by atoms with E-state index in [0.717, 1.165) is 11.5 Å². The third-order valence-electron chi connectivity index (χ3n) is 4.34. The molecule has 0 unspecified atom stereocenters. The van der Waals surface area contributed by atoms with Crippen LogP contribution in [-0.2, 0) is 0 Å². The van der Waals surface area contributed by atoms with E-state index in [4.69, 9.17) is 9.84 Å². The second kappa shape index (κ2) is 11.0. The van der Waals surface area contributed by atoms with Gasteiger partial charge in [-0.15, -0.1) is 0 Å². The summed E-state index contributed by atoms with van der Waals surface area (Å²) in [6.45, 7) is 8.54. The molecule has 0 saturated heterocycles. The van der Waals surface area contributed by atoms with Gasteiger partial charge in [0.2, 0.25) is 0 Å². The number of carbonyl (C=O) groups is 1. The molecule has 2 aromatic carbocycles. The molecule has 0 aliphatic rings. The minimum Gasteiger partial charge on any atom is -0.456 e. The van der Waals surface area contributed by atoms with E-state index < -0.39 is 0 Å². The van der Waals surface area contributed by atoms with Crippen molar-refractivity contribution in [3.05, 3.63) is 88.7 Å². The summed E-state index contributed by atoms with van der Waals surface area (Å²) < 4.78 is 6.10. The molecule has 1 amide bonds. The van der Waals surface area contributed by atoms with E-state index in [9.17, 15) is 4.79 Å². The average Bonchev–Trinajstić information content (AvgIpc) is 2.72. The van der Waals surface area contributed by atoms with E-state index in [0.29, 0.717) is 5.56 Å². The Morgan fingerprint density at radius 3 is 1.83 bits per heavy atom. The van der Waals surface area contributed by atoms with Gasteiger partial charge in [-0.2, -0.15) is 0 Å². The monoisotopic (exact) mass is 392 g/mol. The molecule has 0 aliphatic carbocycles. The Hall–Kier alpha value is -3.18. The largest absolute Gasteiger partial charge is 0.456 e. The minimum atomic E-state index is -0.211. The molecule has 1 aromatic heterocycles. The van der Waals surface area contributed by atoms with Gasteiger partial charge >= 0.3 is 0 Å². The fourth-order valence-corrected chi connectivity index (χ4v) is 2.79. The highest BCUT2D eigenvalue weighted by molar-refractivity contribution is 5.93. The number of aromatic nitrogens is 1. The Labute approximate surface area is 172 Å². The van der Waals surface area contributed by atoms with Crippen LogP contribution in [0.2, 0.25) is 0 Å². The maximum atomic E-state index is 11.1. The number of para-hydroxylation sites is 2. The standard InChI is InChI=1S/C16H18O.C8H10N2O2/c1-11-7-5-8-12(2)15(11)17-16-13(3)9-6-10-14(16)4;11-5-4-10-8(12)7-2-1-3-9-6-7/h5-10H,1-4H3;1-3,6,11H,4-5H2,(H,10,12). The summed E-state index contributed by atoms with van der Waals surface area (Å²) in [5, 5.41) is 11.0. The summed E-state index contributed by atoms with van der Waals surface area (Å²) in [5.41, 5.74) is 5.20. The molecule has 5 nitrogen and oxygen atoms in total. The first-order valence-corrected chi connectivity index (χ1v) is 9.53. The highest BCUT2D eigenvalue weighted by atomic mass is 16.5. The number of aliphatic hydroxyl groups is 1. The van der Waals surface area contributed by atoms with Crippen LogP contribution in [0.15, 0.2) is 60.9 Å². The predicted octanol–water partition coefficient (Wildman–Crippen LogP) is 4.52. The number of pyridine rings is 1. The first kappa shape index (κ1) is 22.1. The van der Waals surface area contributed by atoms with Crippen molar-refractivity contribution in [3.8, 4) is 11.5 Å². The second-order valence-electron chi connectivity index (χ2n) is 6.77. The van der Waals surface area contributed by atoms with Crippen molar-refractivity contribution < 1.29 is 14.6 Å². The van der Waals surface area contributed by atoms with Crippen LogP contribution in [0.25, 0.3) is 0 Å². The van der Waals surface area contributed by atoms with E-state index in [-0.39, 0.29) is 19.1 Å². The van der Waals surface area contributed by atoms with Crippen molar-refractivity contribution in [2.75, 3.05) is 13.2 Å². The predicted molar refractivity (Wildman–Crippen MR) is 116 cm³/mol. The summed E-state index contributed by atoms with van der Waals surface area (Å²) in [5.74, 6) is 1.74. The number of ether oxygens (including phenoxy) is 1. The molecular formula is C24H28N2O3. The molecule has 5 heteroatoms. The molecule has 0 fully saturated rings. The number of nitrogens with zero attached hydrogens (tertiary/aromatic N) is 1. The molecule has 152 valence electrons. The van der Waals surface area contributed by atoms with Gasteiger partial charge in [0.25, 0.3) is 5.91 Å². The van der Waals surface area contributed by atoms with Crippen LogP contribution in [0.4, 0.5) is 0 Å². The third-order valence-corrected chi connectivity index (χ3v) is 4.34. The number of hydrogen-bond donors (Lipinski definition) is 2. The Kier molecular flexibility index (Phi) is 8.37. The zero-order valence-corrected chi connectivity index (χ0v) is 17.4. The number of rotatable bonds is 5. The molecule has 2 N–H and O–H groups in total. The summed E-state index contributed by atoms with van der Waals surface area (Å²) in [6, 6.07) is 15.8. The van der Waals surface area contributed by atoms with Crippen LogP contribution >= 0.6 is 0 Å². The lowest BCUT2D eigenvalue weighted by Crippen LogP contribution is -2.26. The molecule has 3 rings (SSSR count). The normalized spacial score (nSPS) is 9.97. The first-order valence-electron chi connectivity index (χ1n) is 9.53. The van der Waals surface area contributed by atoms with Gasteiger partial charge in [0.1, 0.15) is 11.5 Å². The molecule has 1 heterocycles. The molecule has 0 radical (unpaired) electrons. The number of benzene rings is 2. The number of amides is 1. The SMILES string of the molecule is Cc1cccc(C)c1Oc1c(C)cccc1C.O=C(NCCO)c1cccnc1. The van der Waals surface area contributed by atoms with Gasteiger partial charge in [-0.1, -0.05) is 36.4 Å². The van der Waals surface area contributed by atoms with Gasteiger partial charge in [-0.05, 0) is 62.1 Å². The average molecular weight is 392 g/mol. The Bertz CT molecular complexity index is 850. The van der Waals surface area contributed by atoms with E-state index in [1.165, 1.54) is 28.5 Å². The smallest absolute Gasteiger partial charge is 0.252 e. The Morgan fingerprint density at radius 2 is 1.41 bits per heavy atom. The highest BCUT2D eigenvalue weighted by Gasteiger charge is 2.08.